The Balaban J connectivity index is 4.84. The van der Waals surface area contributed by atoms with E-state index in [0.29, 0.717) is 39.1 Å². The third-order valence-corrected chi connectivity index (χ3v) is 3.91. The molecule has 0 heterocycles. The van der Waals surface area contributed by atoms with Crippen LogP contribution in [-0.2, 0) is 9.53 Å². The average molecular weight is 318 g/mol. The van der Waals surface area contributed by atoms with Gasteiger partial charge in [0, 0.05) is 33.7 Å². The van der Waals surface area contributed by atoms with Crippen molar-refractivity contribution in [2.45, 2.75) is 65.3 Å². The molecule has 0 saturated carbocycles. The topological polar surface area (TPSA) is 73.2 Å². The minimum Gasteiger partial charge on any atom is -0.392 e. The van der Waals surface area contributed by atoms with Crippen LogP contribution in [0.4, 0.5) is 0 Å². The highest BCUT2D eigenvalue weighted by Crippen LogP contribution is 2.07. The second-order valence-electron chi connectivity index (χ2n) is 5.81. The Morgan fingerprint density at radius 1 is 1.00 bits per heavy atom. The molecule has 132 valence electrons. The maximum absolute atomic E-state index is 11.8. The monoisotopic (exact) mass is 318 g/mol. The number of aliphatic hydroxyl groups excluding tert-OH is 2. The molecule has 0 radical (unpaired) electrons. The van der Waals surface area contributed by atoms with Crippen LogP contribution in [0.2, 0.25) is 0 Å². The molecule has 1 amide bonds. The van der Waals surface area contributed by atoms with Crippen molar-refractivity contribution in [2.24, 2.45) is 0 Å². The number of carbonyl (C=O) groups is 1. The largest absolute Gasteiger partial charge is 0.392 e. The van der Waals surface area contributed by atoms with Gasteiger partial charge in [-0.05, 0) is 19.3 Å². The Morgan fingerprint density at radius 2 is 1.55 bits per heavy atom. The SMILES string of the molecule is CCC(O)CN(CC(CC)OC)CN(CC(O)CC)C(C)=O. The number of nitrogens with zero attached hydrogens (tertiary/aromatic N) is 2. The van der Waals surface area contributed by atoms with Gasteiger partial charge in [-0.3, -0.25) is 9.69 Å². The lowest BCUT2D eigenvalue weighted by Gasteiger charge is -2.34. The number of ether oxygens (including phenoxy) is 1. The van der Waals surface area contributed by atoms with Crippen molar-refractivity contribution in [1.82, 2.24) is 9.80 Å². The van der Waals surface area contributed by atoms with Crippen molar-refractivity contribution in [3.05, 3.63) is 0 Å². The van der Waals surface area contributed by atoms with Crippen molar-refractivity contribution >= 4 is 5.91 Å². The van der Waals surface area contributed by atoms with Crippen LogP contribution in [0, 0.1) is 0 Å². The first-order valence-electron chi connectivity index (χ1n) is 8.24. The summed E-state index contributed by atoms with van der Waals surface area (Å²) in [6, 6.07) is 0. The minimum atomic E-state index is -0.522. The molecule has 0 aliphatic carbocycles. The number of rotatable bonds is 12. The van der Waals surface area contributed by atoms with Gasteiger partial charge in [-0.15, -0.1) is 0 Å². The van der Waals surface area contributed by atoms with Gasteiger partial charge < -0.3 is 19.8 Å². The third kappa shape index (κ3) is 8.68. The molecule has 3 atom stereocenters. The quantitative estimate of drug-likeness (QED) is 0.526. The lowest BCUT2D eigenvalue weighted by Crippen LogP contribution is -2.48. The lowest BCUT2D eigenvalue weighted by molar-refractivity contribution is -0.133. The predicted octanol–water partition coefficient (Wildman–Crippen LogP) is 1.06. The summed E-state index contributed by atoms with van der Waals surface area (Å²) in [4.78, 5) is 15.5. The zero-order valence-electron chi connectivity index (χ0n) is 14.8. The smallest absolute Gasteiger partial charge is 0.220 e. The molecule has 0 aromatic carbocycles. The highest BCUT2D eigenvalue weighted by Gasteiger charge is 2.21. The number of amides is 1. The van der Waals surface area contributed by atoms with Crippen LogP contribution < -0.4 is 0 Å². The minimum absolute atomic E-state index is 0.0639. The predicted molar refractivity (Wildman–Crippen MR) is 87.5 cm³/mol. The molecule has 6 heteroatoms. The highest BCUT2D eigenvalue weighted by molar-refractivity contribution is 5.73. The van der Waals surface area contributed by atoms with Gasteiger partial charge >= 0.3 is 0 Å². The molecular weight excluding hydrogens is 284 g/mol. The van der Waals surface area contributed by atoms with E-state index in [1.54, 1.807) is 12.0 Å². The Kier molecular flexibility index (Phi) is 11.5. The molecule has 0 aliphatic rings. The van der Waals surface area contributed by atoms with Gasteiger partial charge in [-0.1, -0.05) is 20.8 Å². The fourth-order valence-electron chi connectivity index (χ4n) is 2.19. The molecule has 0 rings (SSSR count). The van der Waals surface area contributed by atoms with Crippen LogP contribution in [0.15, 0.2) is 0 Å². The fraction of sp³-hybridized carbons (Fsp3) is 0.938. The van der Waals surface area contributed by atoms with Crippen LogP contribution in [0.25, 0.3) is 0 Å². The second-order valence-corrected chi connectivity index (χ2v) is 5.81. The van der Waals surface area contributed by atoms with E-state index in [4.69, 9.17) is 4.74 Å². The first kappa shape index (κ1) is 21.3. The summed E-state index contributed by atoms with van der Waals surface area (Å²) < 4.78 is 5.41. The Labute approximate surface area is 135 Å². The van der Waals surface area contributed by atoms with E-state index in [9.17, 15) is 15.0 Å². The number of hydrogen-bond acceptors (Lipinski definition) is 5. The third-order valence-electron chi connectivity index (χ3n) is 3.91. The van der Waals surface area contributed by atoms with Crippen molar-refractivity contribution in [1.29, 1.82) is 0 Å². The van der Waals surface area contributed by atoms with Gasteiger partial charge in [0.2, 0.25) is 5.91 Å². The second kappa shape index (κ2) is 11.8. The van der Waals surface area contributed by atoms with E-state index in [1.807, 2.05) is 25.7 Å². The Bertz CT molecular complexity index is 298. The standard InChI is InChI=1S/C16H34N2O4/c1-6-14(20)9-17(11-16(8-3)22-5)12-18(13(4)19)10-15(21)7-2/h14-16,20-21H,6-12H2,1-5H3. The van der Waals surface area contributed by atoms with Crippen molar-refractivity contribution in [2.75, 3.05) is 33.4 Å². The number of carbonyl (C=O) groups excluding carboxylic acids is 1. The molecule has 0 aromatic rings. The molecule has 3 unspecified atom stereocenters. The van der Waals surface area contributed by atoms with E-state index in [-0.39, 0.29) is 12.0 Å². The Hall–Kier alpha value is -0.690. The molecule has 22 heavy (non-hydrogen) atoms. The number of aliphatic hydroxyl groups is 2. The van der Waals surface area contributed by atoms with Gasteiger partial charge in [-0.25, -0.2) is 0 Å². The molecule has 0 aromatic heterocycles. The summed E-state index contributed by atoms with van der Waals surface area (Å²) in [5, 5.41) is 19.7. The summed E-state index contributed by atoms with van der Waals surface area (Å²) >= 11 is 0. The van der Waals surface area contributed by atoms with Crippen LogP contribution in [0.3, 0.4) is 0 Å². The first-order chi connectivity index (χ1) is 10.4. The molecule has 0 spiro atoms. The zero-order valence-corrected chi connectivity index (χ0v) is 14.8. The van der Waals surface area contributed by atoms with Crippen molar-refractivity contribution < 1.29 is 19.7 Å². The summed E-state index contributed by atoms with van der Waals surface area (Å²) in [5.41, 5.74) is 0. The van der Waals surface area contributed by atoms with E-state index < -0.39 is 12.2 Å². The normalized spacial score (nSPS) is 15.6. The van der Waals surface area contributed by atoms with Gasteiger partial charge in [0.15, 0.2) is 0 Å². The molecule has 2 N–H and O–H groups in total. The number of hydrogen-bond donors (Lipinski definition) is 2. The molecule has 0 aliphatic heterocycles. The summed E-state index contributed by atoms with van der Waals surface area (Å²) in [6.45, 7) is 9.21. The summed E-state index contributed by atoms with van der Waals surface area (Å²) in [5.74, 6) is -0.0750. The Morgan fingerprint density at radius 3 is 1.95 bits per heavy atom. The summed E-state index contributed by atoms with van der Waals surface area (Å²) in [7, 11) is 1.67. The average Bonchev–Trinajstić information content (AvgIpc) is 2.50. The highest BCUT2D eigenvalue weighted by atomic mass is 16.5. The maximum atomic E-state index is 11.8. The van der Waals surface area contributed by atoms with Crippen LogP contribution in [0.1, 0.15) is 47.0 Å². The molecule has 0 bridgehead atoms. The first-order valence-corrected chi connectivity index (χ1v) is 8.24. The van der Waals surface area contributed by atoms with Crippen LogP contribution in [-0.4, -0.2) is 77.6 Å². The molecule has 0 fully saturated rings. The van der Waals surface area contributed by atoms with Crippen molar-refractivity contribution in [3.63, 3.8) is 0 Å². The van der Waals surface area contributed by atoms with Gasteiger partial charge in [-0.2, -0.15) is 0 Å². The molecule has 0 saturated heterocycles. The number of methoxy groups -OCH3 is 1. The van der Waals surface area contributed by atoms with E-state index in [2.05, 4.69) is 0 Å². The lowest BCUT2D eigenvalue weighted by atomic mass is 10.2. The summed E-state index contributed by atoms with van der Waals surface area (Å²) in [6.07, 6.45) is 1.25. The van der Waals surface area contributed by atoms with Gasteiger partial charge in [0.05, 0.1) is 25.0 Å². The zero-order chi connectivity index (χ0) is 17.1. The maximum Gasteiger partial charge on any atom is 0.220 e. The van der Waals surface area contributed by atoms with Crippen molar-refractivity contribution in [3.8, 4) is 0 Å². The van der Waals surface area contributed by atoms with Crippen LogP contribution in [0.5, 0.6) is 0 Å². The van der Waals surface area contributed by atoms with Crippen LogP contribution >= 0.6 is 0 Å². The van der Waals surface area contributed by atoms with E-state index in [1.165, 1.54) is 6.92 Å². The fourth-order valence-corrected chi connectivity index (χ4v) is 2.19. The van der Waals surface area contributed by atoms with E-state index in [0.717, 1.165) is 6.42 Å². The molecule has 6 nitrogen and oxygen atoms in total. The van der Waals surface area contributed by atoms with Gasteiger partial charge in [0.25, 0.3) is 0 Å². The van der Waals surface area contributed by atoms with E-state index >= 15 is 0 Å². The van der Waals surface area contributed by atoms with Gasteiger partial charge in [0.1, 0.15) is 0 Å². The molecular formula is C16H34N2O4.